The lowest BCUT2D eigenvalue weighted by Crippen LogP contribution is -2.28. The summed E-state index contributed by atoms with van der Waals surface area (Å²) in [7, 11) is 0. The number of nitrogens with zero attached hydrogens (tertiary/aromatic N) is 2. The van der Waals surface area contributed by atoms with E-state index in [1.807, 2.05) is 12.1 Å². The quantitative estimate of drug-likeness (QED) is 0.165. The Kier molecular flexibility index (Phi) is 8.08. The van der Waals surface area contributed by atoms with Gasteiger partial charge in [0.05, 0.1) is 16.8 Å². The van der Waals surface area contributed by atoms with E-state index in [-0.39, 0.29) is 0 Å². The Balaban J connectivity index is 1.12. The predicted molar refractivity (Wildman–Crippen MR) is 227 cm³/mol. The van der Waals surface area contributed by atoms with Crippen LogP contribution in [0.15, 0.2) is 218 Å². The highest BCUT2D eigenvalue weighted by molar-refractivity contribution is 5.89. The normalized spacial score (nSPS) is 12.5. The lowest BCUT2D eigenvalue weighted by molar-refractivity contribution is 0.769. The van der Waals surface area contributed by atoms with Crippen LogP contribution in [0.5, 0.6) is 0 Å². The molecule has 0 radical (unpaired) electrons. The Labute approximate surface area is 322 Å². The fourth-order valence-corrected chi connectivity index (χ4v) is 8.43. The van der Waals surface area contributed by atoms with Gasteiger partial charge in [0.2, 0.25) is 0 Å². The minimum Gasteiger partial charge on any atom is -0.228 e. The zero-order valence-electron chi connectivity index (χ0n) is 30.2. The highest BCUT2D eigenvalue weighted by Gasteiger charge is 2.46. The summed E-state index contributed by atoms with van der Waals surface area (Å²) in [5.41, 5.74) is 16.7. The molecule has 0 amide bonds. The van der Waals surface area contributed by atoms with Crippen LogP contribution in [0.3, 0.4) is 0 Å². The van der Waals surface area contributed by atoms with Gasteiger partial charge in [-0.1, -0.05) is 194 Å². The smallest absolute Gasteiger partial charge is 0.160 e. The summed E-state index contributed by atoms with van der Waals surface area (Å²) in [6.45, 7) is 0. The SMILES string of the molecule is c1ccc(-c2cccc(-c3nc(-c4ccccc4)cc(-c4cccc(-c5ccc6c(c5)C(c5ccccc5)(c5ccccc5)c5ccccc5-6)c4)n3)c2)cc1. The first kappa shape index (κ1) is 32.5. The average Bonchev–Trinajstić information content (AvgIpc) is 3.58. The van der Waals surface area contributed by atoms with Crippen LogP contribution >= 0.6 is 0 Å². The monoisotopic (exact) mass is 700 g/mol. The lowest BCUT2D eigenvalue weighted by Gasteiger charge is -2.34. The van der Waals surface area contributed by atoms with E-state index in [2.05, 4.69) is 206 Å². The van der Waals surface area contributed by atoms with Gasteiger partial charge in [-0.15, -0.1) is 0 Å². The average molecular weight is 701 g/mol. The van der Waals surface area contributed by atoms with Gasteiger partial charge in [-0.2, -0.15) is 0 Å². The Morgan fingerprint density at radius 2 is 0.727 bits per heavy atom. The van der Waals surface area contributed by atoms with E-state index in [4.69, 9.17) is 9.97 Å². The van der Waals surface area contributed by atoms with E-state index in [1.165, 1.54) is 33.4 Å². The maximum atomic E-state index is 5.25. The number of fused-ring (bicyclic) bond motifs is 3. The third-order valence-electron chi connectivity index (χ3n) is 11.0. The standard InChI is InChI=1S/C53H36N2/c1-5-17-37(18-6-1)39-21-16-24-43(34-39)52-54-50(38-19-7-2-8-20-38)36-51(55-52)42-23-15-22-40(33-42)41-31-32-47-46-29-13-14-30-48(46)53(49(47)35-41,44-25-9-3-10-26-44)45-27-11-4-12-28-45/h1-36H. The highest BCUT2D eigenvalue weighted by atomic mass is 14.9. The van der Waals surface area contributed by atoms with Crippen molar-refractivity contribution >= 4 is 0 Å². The number of benzene rings is 8. The molecule has 0 saturated heterocycles. The molecule has 8 aromatic carbocycles. The predicted octanol–water partition coefficient (Wildman–Crippen LogP) is 13.2. The van der Waals surface area contributed by atoms with E-state index in [0.29, 0.717) is 5.82 Å². The molecule has 0 N–H and O–H groups in total. The van der Waals surface area contributed by atoms with Crippen molar-refractivity contribution in [2.75, 3.05) is 0 Å². The second-order valence-electron chi connectivity index (χ2n) is 14.1. The van der Waals surface area contributed by atoms with Crippen LogP contribution in [-0.2, 0) is 5.41 Å². The summed E-state index contributed by atoms with van der Waals surface area (Å²) in [5, 5.41) is 0. The molecule has 0 saturated carbocycles. The minimum absolute atomic E-state index is 0.456. The van der Waals surface area contributed by atoms with E-state index in [1.54, 1.807) is 0 Å². The molecule has 0 bridgehead atoms. The zero-order valence-corrected chi connectivity index (χ0v) is 30.2. The summed E-state index contributed by atoms with van der Waals surface area (Å²) in [5.74, 6) is 0.699. The lowest BCUT2D eigenvalue weighted by atomic mass is 9.67. The molecule has 9 aromatic rings. The first-order valence-electron chi connectivity index (χ1n) is 18.8. The molecule has 258 valence electrons. The molecule has 0 spiro atoms. The Hall–Kier alpha value is -7.16. The van der Waals surface area contributed by atoms with Gasteiger partial charge < -0.3 is 0 Å². The molecule has 0 fully saturated rings. The molecule has 2 nitrogen and oxygen atoms in total. The second kappa shape index (κ2) is 13.7. The van der Waals surface area contributed by atoms with Crippen molar-refractivity contribution in [2.24, 2.45) is 0 Å². The summed E-state index contributed by atoms with van der Waals surface area (Å²) in [6.07, 6.45) is 0. The Morgan fingerprint density at radius 3 is 1.40 bits per heavy atom. The first-order valence-corrected chi connectivity index (χ1v) is 18.8. The zero-order chi connectivity index (χ0) is 36.6. The Morgan fingerprint density at radius 1 is 0.273 bits per heavy atom. The molecular formula is C53H36N2. The van der Waals surface area contributed by atoms with Crippen LogP contribution in [0.25, 0.3) is 67.3 Å². The van der Waals surface area contributed by atoms with Crippen LogP contribution in [0, 0.1) is 0 Å². The number of rotatable bonds is 7. The fourth-order valence-electron chi connectivity index (χ4n) is 8.43. The van der Waals surface area contributed by atoms with Crippen molar-refractivity contribution < 1.29 is 0 Å². The molecule has 0 atom stereocenters. The third kappa shape index (κ3) is 5.67. The van der Waals surface area contributed by atoms with Gasteiger partial charge in [-0.25, -0.2) is 9.97 Å². The Bertz CT molecular complexity index is 2750. The summed E-state index contributed by atoms with van der Waals surface area (Å²) in [6, 6.07) is 78.2. The van der Waals surface area contributed by atoms with Crippen LogP contribution in [0.2, 0.25) is 0 Å². The summed E-state index contributed by atoms with van der Waals surface area (Å²) < 4.78 is 0. The van der Waals surface area contributed by atoms with E-state index in [0.717, 1.165) is 50.3 Å². The molecule has 1 aliphatic carbocycles. The first-order chi connectivity index (χ1) is 27.3. The van der Waals surface area contributed by atoms with Crippen molar-refractivity contribution in [3.8, 4) is 67.3 Å². The van der Waals surface area contributed by atoms with Gasteiger partial charge in [0.15, 0.2) is 5.82 Å². The van der Waals surface area contributed by atoms with Gasteiger partial charge in [-0.3, -0.25) is 0 Å². The molecular weight excluding hydrogens is 665 g/mol. The largest absolute Gasteiger partial charge is 0.228 e. The number of aromatic nitrogens is 2. The van der Waals surface area contributed by atoms with Crippen molar-refractivity contribution in [3.63, 3.8) is 0 Å². The van der Waals surface area contributed by atoms with Gasteiger partial charge >= 0.3 is 0 Å². The van der Waals surface area contributed by atoms with Gasteiger partial charge in [0, 0.05) is 16.7 Å². The minimum atomic E-state index is -0.456. The van der Waals surface area contributed by atoms with Crippen LogP contribution in [0.4, 0.5) is 0 Å². The fraction of sp³-hybridized carbons (Fsp3) is 0.0189. The van der Waals surface area contributed by atoms with Crippen LogP contribution in [0.1, 0.15) is 22.3 Å². The second-order valence-corrected chi connectivity index (χ2v) is 14.1. The summed E-state index contributed by atoms with van der Waals surface area (Å²) in [4.78, 5) is 10.4. The number of hydrogen-bond donors (Lipinski definition) is 0. The number of hydrogen-bond acceptors (Lipinski definition) is 2. The van der Waals surface area contributed by atoms with Gasteiger partial charge in [0.1, 0.15) is 0 Å². The molecule has 0 unspecified atom stereocenters. The van der Waals surface area contributed by atoms with Crippen molar-refractivity contribution in [1.82, 2.24) is 9.97 Å². The van der Waals surface area contributed by atoms with Crippen LogP contribution < -0.4 is 0 Å². The highest BCUT2D eigenvalue weighted by Crippen LogP contribution is 2.56. The van der Waals surface area contributed by atoms with Crippen molar-refractivity contribution in [2.45, 2.75) is 5.41 Å². The maximum Gasteiger partial charge on any atom is 0.160 e. The van der Waals surface area contributed by atoms with E-state index in [9.17, 15) is 0 Å². The maximum absolute atomic E-state index is 5.25. The topological polar surface area (TPSA) is 25.8 Å². The van der Waals surface area contributed by atoms with Gasteiger partial charge in [0.25, 0.3) is 0 Å². The molecule has 1 aliphatic rings. The van der Waals surface area contributed by atoms with E-state index >= 15 is 0 Å². The molecule has 1 aromatic heterocycles. The molecule has 10 rings (SSSR count). The molecule has 0 aliphatic heterocycles. The van der Waals surface area contributed by atoms with E-state index < -0.39 is 5.41 Å². The molecule has 2 heteroatoms. The van der Waals surface area contributed by atoms with Crippen molar-refractivity contribution in [3.05, 3.63) is 241 Å². The molecule has 1 heterocycles. The molecule has 55 heavy (non-hydrogen) atoms. The van der Waals surface area contributed by atoms with Gasteiger partial charge in [-0.05, 0) is 79.9 Å². The summed E-state index contributed by atoms with van der Waals surface area (Å²) >= 11 is 0. The third-order valence-corrected chi connectivity index (χ3v) is 11.0. The van der Waals surface area contributed by atoms with Crippen molar-refractivity contribution in [1.29, 1.82) is 0 Å². The van der Waals surface area contributed by atoms with Crippen LogP contribution in [-0.4, -0.2) is 9.97 Å².